The van der Waals surface area contributed by atoms with Gasteiger partial charge in [0.1, 0.15) is 5.82 Å². The highest BCUT2D eigenvalue weighted by Gasteiger charge is 2.08. The van der Waals surface area contributed by atoms with E-state index in [-0.39, 0.29) is 11.9 Å². The van der Waals surface area contributed by atoms with Gasteiger partial charge in [-0.1, -0.05) is 12.1 Å². The van der Waals surface area contributed by atoms with E-state index in [1.54, 1.807) is 12.3 Å². The van der Waals surface area contributed by atoms with Gasteiger partial charge in [0.25, 0.3) is 0 Å². The van der Waals surface area contributed by atoms with Crippen molar-refractivity contribution in [1.29, 1.82) is 0 Å². The zero-order chi connectivity index (χ0) is 14.5. The Morgan fingerprint density at radius 2 is 2.20 bits per heavy atom. The van der Waals surface area contributed by atoms with Crippen molar-refractivity contribution in [3.63, 3.8) is 0 Å². The summed E-state index contributed by atoms with van der Waals surface area (Å²) in [5.41, 5.74) is 1.68. The van der Waals surface area contributed by atoms with Gasteiger partial charge in [0.2, 0.25) is 0 Å². The summed E-state index contributed by atoms with van der Waals surface area (Å²) in [6, 6.07) is 9.19. The molecule has 108 valence electrons. The van der Waals surface area contributed by atoms with Crippen LogP contribution in [0.3, 0.4) is 0 Å². The Balaban J connectivity index is 2.06. The van der Waals surface area contributed by atoms with E-state index in [1.807, 2.05) is 30.5 Å². The minimum Gasteiger partial charge on any atom is -0.309 e. The van der Waals surface area contributed by atoms with Crippen molar-refractivity contribution in [2.75, 3.05) is 12.0 Å². The molecule has 1 aromatic carbocycles. The van der Waals surface area contributed by atoms with Gasteiger partial charge in [0.05, 0.1) is 0 Å². The van der Waals surface area contributed by atoms with Gasteiger partial charge in [0, 0.05) is 45.8 Å². The lowest BCUT2D eigenvalue weighted by atomic mass is 10.1. The first-order valence-electron chi connectivity index (χ1n) is 6.42. The molecule has 1 N–H and O–H groups in total. The first-order valence-corrected chi connectivity index (χ1v) is 9.02. The van der Waals surface area contributed by atoms with E-state index in [2.05, 4.69) is 5.32 Å². The Kier molecular flexibility index (Phi) is 5.46. The smallest absolute Gasteiger partial charge is 0.131 e. The molecule has 1 aromatic heterocycles. The fourth-order valence-corrected chi connectivity index (χ4v) is 3.57. The zero-order valence-corrected chi connectivity index (χ0v) is 13.2. The van der Waals surface area contributed by atoms with Crippen molar-refractivity contribution in [2.45, 2.75) is 19.5 Å². The number of hydrogen-bond acceptors (Lipinski definition) is 3. The quantitative estimate of drug-likeness (QED) is 0.886. The van der Waals surface area contributed by atoms with Crippen LogP contribution in [-0.2, 0) is 17.3 Å². The molecule has 1 heterocycles. The molecule has 2 unspecified atom stereocenters. The lowest BCUT2D eigenvalue weighted by molar-refractivity contribution is 0.585. The maximum absolute atomic E-state index is 13.8. The SMILES string of the molecule is CC(CS(C)=O)NCc1ccc(F)c(-c2cccs2)c1. The lowest BCUT2D eigenvalue weighted by Crippen LogP contribution is -2.30. The summed E-state index contributed by atoms with van der Waals surface area (Å²) in [5, 5.41) is 5.25. The Labute approximate surface area is 125 Å². The minimum atomic E-state index is -0.807. The van der Waals surface area contributed by atoms with Crippen LogP contribution in [0.5, 0.6) is 0 Å². The molecule has 2 nitrogen and oxygen atoms in total. The van der Waals surface area contributed by atoms with Crippen molar-refractivity contribution < 1.29 is 8.60 Å². The molecule has 2 rings (SSSR count). The molecule has 20 heavy (non-hydrogen) atoms. The van der Waals surface area contributed by atoms with Crippen LogP contribution in [0.25, 0.3) is 10.4 Å². The van der Waals surface area contributed by atoms with Crippen molar-refractivity contribution >= 4 is 22.1 Å². The number of nitrogens with one attached hydrogen (secondary N) is 1. The maximum Gasteiger partial charge on any atom is 0.131 e. The Hall–Kier alpha value is -1.04. The average molecular weight is 311 g/mol. The van der Waals surface area contributed by atoms with Gasteiger partial charge in [-0.05, 0) is 36.1 Å². The molecule has 0 radical (unpaired) electrons. The molecule has 0 saturated carbocycles. The first-order chi connectivity index (χ1) is 9.56. The summed E-state index contributed by atoms with van der Waals surface area (Å²) in [4.78, 5) is 0.937. The molecular formula is C15H18FNOS2. The molecule has 5 heteroatoms. The lowest BCUT2D eigenvalue weighted by Gasteiger charge is -2.13. The summed E-state index contributed by atoms with van der Waals surface area (Å²) in [6.07, 6.45) is 1.70. The van der Waals surface area contributed by atoms with E-state index in [1.165, 1.54) is 17.4 Å². The van der Waals surface area contributed by atoms with Crippen LogP contribution in [0.1, 0.15) is 12.5 Å². The van der Waals surface area contributed by atoms with Crippen LogP contribution in [0.15, 0.2) is 35.7 Å². The molecule has 2 atom stereocenters. The molecule has 2 aromatic rings. The van der Waals surface area contributed by atoms with E-state index in [9.17, 15) is 8.60 Å². The number of hydrogen-bond donors (Lipinski definition) is 1. The predicted molar refractivity (Wildman–Crippen MR) is 84.9 cm³/mol. The van der Waals surface area contributed by atoms with E-state index in [0.717, 1.165) is 10.4 Å². The third-order valence-electron chi connectivity index (χ3n) is 2.96. The van der Waals surface area contributed by atoms with Crippen molar-refractivity contribution in [1.82, 2.24) is 5.32 Å². The summed E-state index contributed by atoms with van der Waals surface area (Å²) in [5.74, 6) is 0.429. The predicted octanol–water partition coefficient (Wildman–Crippen LogP) is 3.41. The summed E-state index contributed by atoms with van der Waals surface area (Å²) < 4.78 is 25.0. The number of benzene rings is 1. The molecule has 0 aliphatic rings. The first kappa shape index (κ1) is 15.4. The van der Waals surface area contributed by atoms with Gasteiger partial charge in [-0.15, -0.1) is 11.3 Å². The minimum absolute atomic E-state index is 0.177. The van der Waals surface area contributed by atoms with Crippen LogP contribution in [0.2, 0.25) is 0 Å². The highest BCUT2D eigenvalue weighted by molar-refractivity contribution is 7.84. The fraction of sp³-hybridized carbons (Fsp3) is 0.333. The summed E-state index contributed by atoms with van der Waals surface area (Å²) >= 11 is 1.53. The Bertz CT molecular complexity index is 584. The highest BCUT2D eigenvalue weighted by Crippen LogP contribution is 2.28. The molecule has 0 spiro atoms. The third kappa shape index (κ3) is 4.23. The third-order valence-corrected chi connectivity index (χ3v) is 4.83. The van der Waals surface area contributed by atoms with Crippen molar-refractivity contribution in [3.05, 3.63) is 47.1 Å². The normalized spacial score (nSPS) is 14.2. The summed E-state index contributed by atoms with van der Waals surface area (Å²) in [6.45, 7) is 2.65. The van der Waals surface area contributed by atoms with Gasteiger partial charge in [0.15, 0.2) is 0 Å². The molecule has 0 bridgehead atoms. The Morgan fingerprint density at radius 3 is 2.85 bits per heavy atom. The number of rotatable bonds is 6. The molecule has 0 saturated heterocycles. The Morgan fingerprint density at radius 1 is 1.40 bits per heavy atom. The van der Waals surface area contributed by atoms with Crippen molar-refractivity contribution in [3.8, 4) is 10.4 Å². The summed E-state index contributed by atoms with van der Waals surface area (Å²) in [7, 11) is -0.807. The fourth-order valence-electron chi connectivity index (χ4n) is 2.01. The number of thiophene rings is 1. The molecule has 0 aliphatic heterocycles. The van der Waals surface area contributed by atoms with E-state index in [0.29, 0.717) is 17.9 Å². The average Bonchev–Trinajstić information content (AvgIpc) is 2.90. The largest absolute Gasteiger partial charge is 0.309 e. The zero-order valence-electron chi connectivity index (χ0n) is 11.6. The maximum atomic E-state index is 13.8. The van der Waals surface area contributed by atoms with Crippen molar-refractivity contribution in [2.24, 2.45) is 0 Å². The second-order valence-corrected chi connectivity index (χ2v) is 7.24. The van der Waals surface area contributed by atoms with Gasteiger partial charge in [-0.3, -0.25) is 4.21 Å². The molecule has 0 fully saturated rings. The number of halogens is 1. The highest BCUT2D eigenvalue weighted by atomic mass is 32.2. The monoisotopic (exact) mass is 311 g/mol. The standard InChI is InChI=1S/C15H18FNOS2/c1-11(10-20(2)18)17-9-12-5-6-14(16)13(8-12)15-4-3-7-19-15/h3-8,11,17H,9-10H2,1-2H3. The van der Waals surface area contributed by atoms with Crippen LogP contribution in [0, 0.1) is 5.82 Å². The van der Waals surface area contributed by atoms with Gasteiger partial charge in [-0.2, -0.15) is 0 Å². The molecule has 0 aliphatic carbocycles. The van der Waals surface area contributed by atoms with Gasteiger partial charge in [-0.25, -0.2) is 4.39 Å². The van der Waals surface area contributed by atoms with E-state index in [4.69, 9.17) is 0 Å². The van der Waals surface area contributed by atoms with Crippen LogP contribution in [0.4, 0.5) is 4.39 Å². The van der Waals surface area contributed by atoms with E-state index >= 15 is 0 Å². The van der Waals surface area contributed by atoms with Crippen LogP contribution in [-0.4, -0.2) is 22.3 Å². The molecular weight excluding hydrogens is 293 g/mol. The second kappa shape index (κ2) is 7.11. The van der Waals surface area contributed by atoms with Crippen LogP contribution < -0.4 is 5.32 Å². The van der Waals surface area contributed by atoms with E-state index < -0.39 is 10.8 Å². The molecule has 0 amide bonds. The van der Waals surface area contributed by atoms with Crippen LogP contribution >= 0.6 is 11.3 Å². The van der Waals surface area contributed by atoms with Gasteiger partial charge >= 0.3 is 0 Å². The topological polar surface area (TPSA) is 29.1 Å². The second-order valence-electron chi connectivity index (χ2n) is 4.81. The van der Waals surface area contributed by atoms with Gasteiger partial charge < -0.3 is 5.32 Å².